The average molecular weight is 490 g/mol. The minimum absolute atomic E-state index is 0.0177. The fourth-order valence-electron chi connectivity index (χ4n) is 4.74. The first-order valence-corrected chi connectivity index (χ1v) is 11.7. The minimum Gasteiger partial charge on any atom is -0.494 e. The highest BCUT2D eigenvalue weighted by Crippen LogP contribution is 2.38. The number of rotatable bonds is 6. The predicted octanol–water partition coefficient (Wildman–Crippen LogP) is 4.97. The number of ether oxygens (including phenoxy) is 1. The lowest BCUT2D eigenvalue weighted by Gasteiger charge is -2.22. The van der Waals surface area contributed by atoms with Crippen LogP contribution < -0.4 is 15.4 Å². The molecule has 1 fully saturated rings. The van der Waals surface area contributed by atoms with Gasteiger partial charge in [0.15, 0.2) is 17.5 Å². The molecule has 184 valence electrons. The molecule has 7 nitrogen and oxygen atoms in total. The molecular weight excluding hydrogens is 464 g/mol. The summed E-state index contributed by atoms with van der Waals surface area (Å²) in [6, 6.07) is 10.9. The summed E-state index contributed by atoms with van der Waals surface area (Å²) in [6.07, 6.45) is 5.85. The van der Waals surface area contributed by atoms with E-state index in [0.717, 1.165) is 37.0 Å². The van der Waals surface area contributed by atoms with Gasteiger partial charge in [-0.05, 0) is 60.4 Å². The summed E-state index contributed by atoms with van der Waals surface area (Å²) in [7, 11) is 3.17. The summed E-state index contributed by atoms with van der Waals surface area (Å²) >= 11 is 0. The third kappa shape index (κ3) is 4.44. The van der Waals surface area contributed by atoms with E-state index in [4.69, 9.17) is 14.7 Å². The van der Waals surface area contributed by atoms with Gasteiger partial charge in [0.25, 0.3) is 0 Å². The second-order valence-corrected chi connectivity index (χ2v) is 8.74. The second kappa shape index (κ2) is 9.85. The maximum atomic E-state index is 14.0. The Hall–Kier alpha value is -4.14. The quantitative estimate of drug-likeness (QED) is 0.398. The van der Waals surface area contributed by atoms with Crippen molar-refractivity contribution in [2.24, 2.45) is 5.92 Å². The number of nitrogens with one attached hydrogen (secondary N) is 2. The molecule has 2 atom stereocenters. The first-order valence-electron chi connectivity index (χ1n) is 11.7. The number of benzene rings is 2. The van der Waals surface area contributed by atoms with Crippen molar-refractivity contribution in [1.82, 2.24) is 20.3 Å². The molecule has 2 N–H and O–H groups in total. The number of nitrogens with zero attached hydrogens (tertiary/aromatic N) is 3. The monoisotopic (exact) mass is 489 g/mol. The van der Waals surface area contributed by atoms with E-state index in [9.17, 15) is 13.6 Å². The smallest absolute Gasteiger partial charge is 0.224 e. The number of fused-ring (bicyclic) bond motifs is 1. The molecule has 36 heavy (non-hydrogen) atoms. The van der Waals surface area contributed by atoms with Gasteiger partial charge in [-0.1, -0.05) is 12.5 Å². The van der Waals surface area contributed by atoms with Gasteiger partial charge in [-0.2, -0.15) is 0 Å². The largest absolute Gasteiger partial charge is 0.494 e. The molecule has 4 aromatic rings. The van der Waals surface area contributed by atoms with Crippen LogP contribution in [0.2, 0.25) is 0 Å². The average Bonchev–Trinajstić information content (AvgIpc) is 3.37. The van der Waals surface area contributed by atoms with Gasteiger partial charge in [-0.15, -0.1) is 0 Å². The molecule has 0 aliphatic heterocycles. The van der Waals surface area contributed by atoms with Crippen molar-refractivity contribution in [3.63, 3.8) is 0 Å². The van der Waals surface area contributed by atoms with Gasteiger partial charge in [0, 0.05) is 36.4 Å². The molecule has 1 aliphatic carbocycles. The normalized spacial score (nSPS) is 17.2. The van der Waals surface area contributed by atoms with Crippen LogP contribution in [-0.2, 0) is 4.79 Å². The highest BCUT2D eigenvalue weighted by atomic mass is 19.2. The summed E-state index contributed by atoms with van der Waals surface area (Å²) in [5.41, 5.74) is 2.38. The van der Waals surface area contributed by atoms with Crippen molar-refractivity contribution in [2.45, 2.75) is 25.3 Å². The third-order valence-corrected chi connectivity index (χ3v) is 6.58. The van der Waals surface area contributed by atoms with Gasteiger partial charge >= 0.3 is 0 Å². The lowest BCUT2D eigenvalue weighted by Crippen LogP contribution is -2.36. The van der Waals surface area contributed by atoms with Crippen LogP contribution in [0.1, 0.15) is 19.3 Å². The van der Waals surface area contributed by atoms with Crippen molar-refractivity contribution in [1.29, 1.82) is 0 Å². The van der Waals surface area contributed by atoms with Crippen LogP contribution >= 0.6 is 0 Å². The topological polar surface area (TPSA) is 89.0 Å². The van der Waals surface area contributed by atoms with Crippen LogP contribution in [0, 0.1) is 17.6 Å². The standard InChI is InChI=1S/C27H25F2N5O2/c1-30-27(35)18-6-3-7-22(18)32-26-19-11-17(15-8-9-20(28)21(29)12-15)13-23(36-2)24(19)33-25(34-26)16-5-4-10-31-14-16/h4-5,8-14,18,22H,3,6-7H2,1-2H3,(H,30,35)(H,32,33,34). The molecule has 5 rings (SSSR count). The van der Waals surface area contributed by atoms with E-state index in [2.05, 4.69) is 15.6 Å². The van der Waals surface area contributed by atoms with Gasteiger partial charge in [0.05, 0.1) is 13.0 Å². The Morgan fingerprint density at radius 1 is 1.03 bits per heavy atom. The zero-order chi connectivity index (χ0) is 25.2. The van der Waals surface area contributed by atoms with E-state index in [1.165, 1.54) is 13.2 Å². The van der Waals surface area contributed by atoms with E-state index >= 15 is 0 Å². The van der Waals surface area contributed by atoms with Crippen LogP contribution in [0.15, 0.2) is 54.9 Å². The fraction of sp³-hybridized carbons (Fsp3) is 0.259. The third-order valence-electron chi connectivity index (χ3n) is 6.58. The number of aromatic nitrogens is 3. The Labute approximate surface area is 207 Å². The van der Waals surface area contributed by atoms with E-state index in [1.807, 2.05) is 12.1 Å². The molecule has 0 saturated heterocycles. The molecule has 2 aromatic carbocycles. The zero-order valence-electron chi connectivity index (χ0n) is 19.9. The fourth-order valence-corrected chi connectivity index (χ4v) is 4.74. The van der Waals surface area contributed by atoms with E-state index in [0.29, 0.717) is 39.4 Å². The Bertz CT molecular complexity index is 1430. The molecule has 0 radical (unpaired) electrons. The van der Waals surface area contributed by atoms with Crippen LogP contribution in [0.25, 0.3) is 33.4 Å². The number of hydrogen-bond acceptors (Lipinski definition) is 6. The summed E-state index contributed by atoms with van der Waals surface area (Å²) in [5.74, 6) is -0.632. The van der Waals surface area contributed by atoms with Gasteiger partial charge in [-0.3, -0.25) is 9.78 Å². The second-order valence-electron chi connectivity index (χ2n) is 8.74. The van der Waals surface area contributed by atoms with Gasteiger partial charge in [0.2, 0.25) is 5.91 Å². The van der Waals surface area contributed by atoms with Crippen LogP contribution in [-0.4, -0.2) is 41.1 Å². The Balaban J connectivity index is 1.70. The van der Waals surface area contributed by atoms with E-state index in [1.54, 1.807) is 31.6 Å². The summed E-state index contributed by atoms with van der Waals surface area (Å²) in [5, 5.41) is 6.88. The number of anilines is 1. The number of carbonyl (C=O) groups excluding carboxylic acids is 1. The molecule has 2 unspecified atom stereocenters. The summed E-state index contributed by atoms with van der Waals surface area (Å²) < 4.78 is 33.3. The zero-order valence-corrected chi connectivity index (χ0v) is 19.9. The Morgan fingerprint density at radius 3 is 2.61 bits per heavy atom. The minimum atomic E-state index is -0.938. The maximum absolute atomic E-state index is 14.0. The molecule has 1 aliphatic rings. The highest BCUT2D eigenvalue weighted by Gasteiger charge is 2.33. The predicted molar refractivity (Wildman–Crippen MR) is 133 cm³/mol. The van der Waals surface area contributed by atoms with Crippen molar-refractivity contribution in [3.8, 4) is 28.3 Å². The molecule has 1 saturated carbocycles. The lowest BCUT2D eigenvalue weighted by molar-refractivity contribution is -0.124. The molecule has 0 spiro atoms. The molecule has 9 heteroatoms. The van der Waals surface area contributed by atoms with Gasteiger partial charge in [0.1, 0.15) is 17.1 Å². The lowest BCUT2D eigenvalue weighted by atomic mass is 10.0. The van der Waals surface area contributed by atoms with Crippen LogP contribution in [0.4, 0.5) is 14.6 Å². The molecular formula is C27H25F2N5O2. The van der Waals surface area contributed by atoms with Crippen molar-refractivity contribution >= 4 is 22.6 Å². The number of hydrogen-bond donors (Lipinski definition) is 2. The number of amides is 1. The Morgan fingerprint density at radius 2 is 1.89 bits per heavy atom. The number of halogens is 2. The molecule has 1 amide bonds. The van der Waals surface area contributed by atoms with Crippen LogP contribution in [0.5, 0.6) is 5.75 Å². The van der Waals surface area contributed by atoms with E-state index in [-0.39, 0.29) is 17.9 Å². The first kappa shape index (κ1) is 23.6. The van der Waals surface area contributed by atoms with Gasteiger partial charge in [-0.25, -0.2) is 18.7 Å². The number of pyridine rings is 1. The SMILES string of the molecule is CNC(=O)C1CCCC1Nc1nc(-c2cccnc2)nc2c(OC)cc(-c3ccc(F)c(F)c3)cc12. The van der Waals surface area contributed by atoms with Crippen molar-refractivity contribution in [3.05, 3.63) is 66.5 Å². The van der Waals surface area contributed by atoms with Crippen molar-refractivity contribution in [2.75, 3.05) is 19.5 Å². The number of methoxy groups -OCH3 is 1. The summed E-state index contributed by atoms with van der Waals surface area (Å²) in [4.78, 5) is 26.2. The summed E-state index contributed by atoms with van der Waals surface area (Å²) in [6.45, 7) is 0. The Kier molecular flexibility index (Phi) is 6.45. The molecule has 2 heterocycles. The highest BCUT2D eigenvalue weighted by molar-refractivity contribution is 5.98. The first-order chi connectivity index (χ1) is 17.5. The molecule has 2 aromatic heterocycles. The molecule has 0 bridgehead atoms. The number of carbonyl (C=O) groups is 1. The van der Waals surface area contributed by atoms with Gasteiger partial charge < -0.3 is 15.4 Å². The van der Waals surface area contributed by atoms with Crippen molar-refractivity contribution < 1.29 is 18.3 Å². The maximum Gasteiger partial charge on any atom is 0.224 e. The van der Waals surface area contributed by atoms with Crippen LogP contribution in [0.3, 0.4) is 0 Å². The van der Waals surface area contributed by atoms with E-state index < -0.39 is 11.6 Å².